The maximum Gasteiger partial charge on any atom is 0.0573 e. The zero-order valence-corrected chi connectivity index (χ0v) is 6.76. The molecule has 1 aromatic heterocycles. The van der Waals surface area contributed by atoms with Crippen molar-refractivity contribution in [2.24, 2.45) is 7.05 Å². The number of fused-ring (bicyclic) bond motifs is 3. The van der Waals surface area contributed by atoms with Crippen LogP contribution in [0.4, 0.5) is 0 Å². The molecule has 1 nitrogen and oxygen atoms in total. The molecule has 0 saturated heterocycles. The Bertz CT molecular complexity index is 454. The quantitative estimate of drug-likeness (QED) is 0.437. The average molecular weight is 153 g/mol. The number of aromatic nitrogens is 1. The molecule has 1 heterocycles. The van der Waals surface area contributed by atoms with Gasteiger partial charge in [-0.2, -0.15) is 0 Å². The zero-order chi connectivity index (χ0) is 8.13. The molecular weight excluding hydrogens is 146 g/mol. The van der Waals surface area contributed by atoms with E-state index in [2.05, 4.69) is 23.1 Å². The highest BCUT2D eigenvalue weighted by molar-refractivity contribution is 5.86. The maximum absolute atomic E-state index is 3.11. The molecule has 1 heteroatoms. The molecule has 0 amide bonds. The van der Waals surface area contributed by atoms with E-state index in [0.29, 0.717) is 0 Å². The second-order valence-electron chi connectivity index (χ2n) is 3.07. The second kappa shape index (κ2) is 1.73. The Kier molecular flexibility index (Phi) is 0.851. The fourth-order valence-electron chi connectivity index (χ4n) is 1.83. The topological polar surface area (TPSA) is 4.93 Å². The van der Waals surface area contributed by atoms with E-state index in [1.165, 1.54) is 22.5 Å². The van der Waals surface area contributed by atoms with Crippen molar-refractivity contribution >= 4 is 24.3 Å². The van der Waals surface area contributed by atoms with Gasteiger partial charge in [-0.1, -0.05) is 0 Å². The lowest BCUT2D eigenvalue weighted by atomic mass is 10.1. The van der Waals surface area contributed by atoms with E-state index in [1.54, 1.807) is 0 Å². The van der Waals surface area contributed by atoms with Crippen LogP contribution in [0.3, 0.4) is 0 Å². The van der Waals surface area contributed by atoms with E-state index >= 15 is 0 Å². The van der Waals surface area contributed by atoms with Crippen molar-refractivity contribution in [3.63, 3.8) is 0 Å². The van der Waals surface area contributed by atoms with Crippen LogP contribution in [0.1, 0.15) is 22.5 Å². The highest BCUT2D eigenvalue weighted by Crippen LogP contribution is 2.31. The first-order chi connectivity index (χ1) is 5.88. The largest absolute Gasteiger partial charge is 0.343 e. The normalized spacial score (nSPS) is 14.4. The Labute approximate surface area is 70.6 Å². The average Bonchev–Trinajstić information content (AvgIpc) is 2.72. The maximum atomic E-state index is 3.11. The van der Waals surface area contributed by atoms with Crippen molar-refractivity contribution in [3.8, 4) is 0 Å². The van der Waals surface area contributed by atoms with Crippen molar-refractivity contribution in [3.05, 3.63) is 34.0 Å². The van der Waals surface area contributed by atoms with Crippen molar-refractivity contribution < 1.29 is 0 Å². The lowest BCUT2D eigenvalue weighted by Crippen LogP contribution is -1.92. The van der Waals surface area contributed by atoms with Gasteiger partial charge in [0.25, 0.3) is 0 Å². The van der Waals surface area contributed by atoms with Crippen molar-refractivity contribution in [1.82, 2.24) is 4.57 Å². The molecule has 3 rings (SSSR count). The summed E-state index contributed by atoms with van der Waals surface area (Å²) in [6.45, 7) is 0. The highest BCUT2D eigenvalue weighted by Gasteiger charge is 2.17. The van der Waals surface area contributed by atoms with Gasteiger partial charge in [0, 0.05) is 30.3 Å². The molecular formula is C11H7N. The van der Waals surface area contributed by atoms with Crippen LogP contribution in [-0.4, -0.2) is 4.57 Å². The summed E-state index contributed by atoms with van der Waals surface area (Å²) in [4.78, 5) is 0. The molecule has 1 aromatic rings. The van der Waals surface area contributed by atoms with Crippen LogP contribution in [0, 0.1) is 0 Å². The molecule has 0 N–H and O–H groups in total. The SMILES string of the molecule is Cn1c2c(c3c1C=C=C3)C=C=C2. The molecule has 0 spiro atoms. The summed E-state index contributed by atoms with van der Waals surface area (Å²) >= 11 is 0. The van der Waals surface area contributed by atoms with Crippen LogP contribution >= 0.6 is 0 Å². The first-order valence-electron chi connectivity index (χ1n) is 3.95. The zero-order valence-electron chi connectivity index (χ0n) is 6.76. The Balaban J connectivity index is 2.47. The highest BCUT2D eigenvalue weighted by atomic mass is 15.0. The summed E-state index contributed by atoms with van der Waals surface area (Å²) in [7, 11) is 2.08. The van der Waals surface area contributed by atoms with E-state index in [-0.39, 0.29) is 0 Å². The minimum Gasteiger partial charge on any atom is -0.343 e. The monoisotopic (exact) mass is 153 g/mol. The third-order valence-electron chi connectivity index (χ3n) is 2.46. The van der Waals surface area contributed by atoms with Gasteiger partial charge >= 0.3 is 0 Å². The first-order valence-corrected chi connectivity index (χ1v) is 3.95. The Morgan fingerprint density at radius 1 is 0.917 bits per heavy atom. The smallest absolute Gasteiger partial charge is 0.0573 e. The summed E-state index contributed by atoms with van der Waals surface area (Å²) in [6, 6.07) is 0. The summed E-state index contributed by atoms with van der Waals surface area (Å²) in [5, 5.41) is 0. The van der Waals surface area contributed by atoms with Crippen LogP contribution in [0.2, 0.25) is 0 Å². The molecule has 2 aliphatic rings. The molecule has 0 atom stereocenters. The molecule has 0 unspecified atom stereocenters. The van der Waals surface area contributed by atoms with Gasteiger partial charge in [0.05, 0.1) is 11.4 Å². The van der Waals surface area contributed by atoms with Crippen LogP contribution in [0.15, 0.2) is 11.5 Å². The number of hydrogen-bond donors (Lipinski definition) is 0. The molecule has 12 heavy (non-hydrogen) atoms. The lowest BCUT2D eigenvalue weighted by Gasteiger charge is -1.97. The fraction of sp³-hybridized carbons (Fsp3) is 0.0909. The molecule has 2 aliphatic carbocycles. The summed E-state index contributed by atoms with van der Waals surface area (Å²) in [6.07, 6.45) is 8.11. The lowest BCUT2D eigenvalue weighted by molar-refractivity contribution is 0.903. The van der Waals surface area contributed by atoms with Gasteiger partial charge in [-0.25, -0.2) is 0 Å². The Morgan fingerprint density at radius 3 is 1.92 bits per heavy atom. The van der Waals surface area contributed by atoms with Gasteiger partial charge in [0.2, 0.25) is 0 Å². The minimum atomic E-state index is 1.26. The summed E-state index contributed by atoms with van der Waals surface area (Å²) in [5.41, 5.74) is 11.3. The van der Waals surface area contributed by atoms with Crippen molar-refractivity contribution in [2.75, 3.05) is 0 Å². The third-order valence-corrected chi connectivity index (χ3v) is 2.46. The van der Waals surface area contributed by atoms with Crippen LogP contribution in [0.5, 0.6) is 0 Å². The van der Waals surface area contributed by atoms with E-state index in [0.717, 1.165) is 0 Å². The Morgan fingerprint density at radius 2 is 1.42 bits per heavy atom. The summed E-state index contributed by atoms with van der Waals surface area (Å²) in [5.74, 6) is 0. The van der Waals surface area contributed by atoms with Gasteiger partial charge in [-0.15, -0.1) is 11.5 Å². The molecule has 56 valence electrons. The fourth-order valence-corrected chi connectivity index (χ4v) is 1.83. The van der Waals surface area contributed by atoms with Gasteiger partial charge < -0.3 is 4.57 Å². The predicted molar refractivity (Wildman–Crippen MR) is 50.3 cm³/mol. The molecule has 0 aromatic carbocycles. The second-order valence-corrected chi connectivity index (χ2v) is 3.07. The number of hydrogen-bond acceptors (Lipinski definition) is 0. The standard InChI is InChI=1S/C11H7N/c1-12-10-6-2-4-8(10)9-5-3-7-11(9)12/h4-7H,1H3. The summed E-state index contributed by atoms with van der Waals surface area (Å²) < 4.78 is 2.18. The minimum absolute atomic E-state index is 1.26. The number of nitrogens with zero attached hydrogens (tertiary/aromatic N) is 1. The predicted octanol–water partition coefficient (Wildman–Crippen LogP) is 2.30. The van der Waals surface area contributed by atoms with Gasteiger partial charge in [0.1, 0.15) is 0 Å². The van der Waals surface area contributed by atoms with Crippen LogP contribution in [0.25, 0.3) is 24.3 Å². The van der Waals surface area contributed by atoms with Crippen molar-refractivity contribution in [1.29, 1.82) is 0 Å². The molecule has 0 fully saturated rings. The van der Waals surface area contributed by atoms with Crippen LogP contribution < -0.4 is 0 Å². The van der Waals surface area contributed by atoms with E-state index in [4.69, 9.17) is 0 Å². The van der Waals surface area contributed by atoms with E-state index in [9.17, 15) is 0 Å². The Hall–Kier alpha value is -1.68. The van der Waals surface area contributed by atoms with E-state index < -0.39 is 0 Å². The van der Waals surface area contributed by atoms with Crippen molar-refractivity contribution in [2.45, 2.75) is 0 Å². The molecule has 0 radical (unpaired) electrons. The van der Waals surface area contributed by atoms with Gasteiger partial charge in [0.15, 0.2) is 0 Å². The molecule has 0 bridgehead atoms. The third kappa shape index (κ3) is 0.485. The number of rotatable bonds is 0. The first kappa shape index (κ1) is 5.91. The van der Waals surface area contributed by atoms with Gasteiger partial charge in [-0.05, 0) is 12.2 Å². The van der Waals surface area contributed by atoms with Gasteiger partial charge in [-0.3, -0.25) is 0 Å². The molecule has 0 aliphatic heterocycles. The van der Waals surface area contributed by atoms with E-state index in [1.807, 2.05) is 24.3 Å². The molecule has 0 saturated carbocycles. The van der Waals surface area contributed by atoms with Crippen LogP contribution in [-0.2, 0) is 7.05 Å².